The quantitative estimate of drug-likeness (QED) is 0.814. The van der Waals surface area contributed by atoms with Crippen molar-refractivity contribution < 1.29 is 19.4 Å². The molecule has 0 spiro atoms. The molecule has 0 aliphatic heterocycles. The molecule has 1 amide bonds. The number of hydrogen-bond acceptors (Lipinski definition) is 5. The number of nitrogens with one attached hydrogen (secondary N) is 1. The van der Waals surface area contributed by atoms with Gasteiger partial charge in [0.05, 0.1) is 6.04 Å². The van der Waals surface area contributed by atoms with Crippen LogP contribution in [0.3, 0.4) is 0 Å². The number of phenolic OH excluding ortho intramolecular Hbond substituents is 1. The van der Waals surface area contributed by atoms with Crippen LogP contribution >= 0.6 is 0 Å². The zero-order valence-electron chi connectivity index (χ0n) is 13.7. The van der Waals surface area contributed by atoms with E-state index in [0.29, 0.717) is 6.29 Å². The molecule has 2 unspecified atom stereocenters. The van der Waals surface area contributed by atoms with Gasteiger partial charge >= 0.3 is 6.09 Å². The van der Waals surface area contributed by atoms with Crippen LogP contribution in [0, 0.1) is 0 Å². The molecule has 0 saturated carbocycles. The number of carbonyl (C=O) groups is 2. The van der Waals surface area contributed by atoms with Crippen LogP contribution in [-0.4, -0.2) is 48.1 Å². The van der Waals surface area contributed by atoms with E-state index in [1.165, 1.54) is 0 Å². The molecular weight excluding hydrogens is 284 g/mol. The average Bonchev–Trinajstić information content (AvgIpc) is 2.35. The van der Waals surface area contributed by atoms with Gasteiger partial charge in [0.1, 0.15) is 23.7 Å². The van der Waals surface area contributed by atoms with Crippen molar-refractivity contribution in [1.29, 1.82) is 0 Å². The maximum atomic E-state index is 11.9. The van der Waals surface area contributed by atoms with Gasteiger partial charge in [-0.1, -0.05) is 12.1 Å². The fraction of sp³-hybridized carbons (Fsp3) is 0.500. The standard InChI is InChI=1S/C16H24N2O4/c1-16(2,3)22-15(21)17-13(10-19)14(18(4)5)11-7-6-8-12(20)9-11/h6-10,13-14,20H,1-5H3,(H,17,21). The fourth-order valence-corrected chi connectivity index (χ4v) is 2.17. The third-order valence-corrected chi connectivity index (χ3v) is 2.94. The number of rotatable bonds is 5. The summed E-state index contributed by atoms with van der Waals surface area (Å²) >= 11 is 0. The zero-order chi connectivity index (χ0) is 16.9. The van der Waals surface area contributed by atoms with E-state index in [1.807, 2.05) is 0 Å². The van der Waals surface area contributed by atoms with E-state index in [1.54, 1.807) is 64.0 Å². The Hall–Kier alpha value is -2.08. The van der Waals surface area contributed by atoms with Crippen LogP contribution in [0.5, 0.6) is 5.75 Å². The summed E-state index contributed by atoms with van der Waals surface area (Å²) in [4.78, 5) is 25.1. The van der Waals surface area contributed by atoms with E-state index in [0.717, 1.165) is 5.56 Å². The first-order chi connectivity index (χ1) is 10.1. The van der Waals surface area contributed by atoms with Gasteiger partial charge in [0.15, 0.2) is 0 Å². The summed E-state index contributed by atoms with van der Waals surface area (Å²) in [6, 6.07) is 5.38. The Balaban J connectivity index is 2.97. The zero-order valence-corrected chi connectivity index (χ0v) is 13.7. The molecule has 22 heavy (non-hydrogen) atoms. The first-order valence-electron chi connectivity index (χ1n) is 7.04. The highest BCUT2D eigenvalue weighted by atomic mass is 16.6. The lowest BCUT2D eigenvalue weighted by molar-refractivity contribution is -0.111. The molecule has 0 aromatic heterocycles. The van der Waals surface area contributed by atoms with E-state index in [9.17, 15) is 14.7 Å². The molecule has 0 heterocycles. The smallest absolute Gasteiger partial charge is 0.408 e. The molecule has 0 fully saturated rings. The summed E-state index contributed by atoms with van der Waals surface area (Å²) in [5, 5.41) is 12.2. The minimum Gasteiger partial charge on any atom is -0.508 e. The number of benzene rings is 1. The number of phenols is 1. The molecule has 0 aliphatic rings. The summed E-state index contributed by atoms with van der Waals surface area (Å²) < 4.78 is 5.18. The number of likely N-dealkylation sites (N-methyl/N-ethyl adjacent to an activating group) is 1. The Kier molecular flexibility index (Phi) is 5.93. The maximum absolute atomic E-state index is 11.9. The average molecular weight is 308 g/mol. The van der Waals surface area contributed by atoms with E-state index in [-0.39, 0.29) is 5.75 Å². The Morgan fingerprint density at radius 3 is 2.45 bits per heavy atom. The van der Waals surface area contributed by atoms with E-state index < -0.39 is 23.8 Å². The van der Waals surface area contributed by atoms with Crippen molar-refractivity contribution in [1.82, 2.24) is 10.2 Å². The lowest BCUT2D eigenvalue weighted by Crippen LogP contribution is -2.46. The van der Waals surface area contributed by atoms with Crippen LogP contribution in [-0.2, 0) is 9.53 Å². The van der Waals surface area contributed by atoms with Crippen LogP contribution in [0.25, 0.3) is 0 Å². The molecule has 1 rings (SSSR count). The molecule has 1 aromatic rings. The fourth-order valence-electron chi connectivity index (χ4n) is 2.17. The largest absolute Gasteiger partial charge is 0.508 e. The number of carbonyl (C=O) groups excluding carboxylic acids is 2. The van der Waals surface area contributed by atoms with Gasteiger partial charge in [-0.25, -0.2) is 4.79 Å². The molecule has 122 valence electrons. The highest BCUT2D eigenvalue weighted by Gasteiger charge is 2.28. The predicted octanol–water partition coefficient (Wildman–Crippen LogP) is 2.09. The van der Waals surface area contributed by atoms with Crippen LogP contribution in [0.2, 0.25) is 0 Å². The van der Waals surface area contributed by atoms with Crippen molar-refractivity contribution in [2.24, 2.45) is 0 Å². The third-order valence-electron chi connectivity index (χ3n) is 2.94. The SMILES string of the molecule is CN(C)C(c1cccc(O)c1)C(C=O)NC(=O)OC(C)(C)C. The number of amides is 1. The predicted molar refractivity (Wildman–Crippen MR) is 83.8 cm³/mol. The highest BCUT2D eigenvalue weighted by Crippen LogP contribution is 2.24. The van der Waals surface area contributed by atoms with Gasteiger partial charge in [0.2, 0.25) is 0 Å². The first-order valence-corrected chi connectivity index (χ1v) is 7.04. The summed E-state index contributed by atoms with van der Waals surface area (Å²) in [5.41, 5.74) is 0.0778. The topological polar surface area (TPSA) is 78.9 Å². The van der Waals surface area contributed by atoms with Crippen LogP contribution in [0.15, 0.2) is 24.3 Å². The molecule has 0 radical (unpaired) electrons. The van der Waals surface area contributed by atoms with Crippen molar-refractivity contribution in [3.63, 3.8) is 0 Å². The van der Waals surface area contributed by atoms with E-state index in [4.69, 9.17) is 4.74 Å². The Bertz CT molecular complexity index is 523. The molecule has 6 nitrogen and oxygen atoms in total. The lowest BCUT2D eigenvalue weighted by Gasteiger charge is -2.31. The second-order valence-corrected chi connectivity index (χ2v) is 6.31. The summed E-state index contributed by atoms with van der Waals surface area (Å²) in [5.74, 6) is 0.103. The minimum atomic E-state index is -0.799. The van der Waals surface area contributed by atoms with Gasteiger partial charge in [0.25, 0.3) is 0 Å². The van der Waals surface area contributed by atoms with Crippen molar-refractivity contribution >= 4 is 12.4 Å². The molecule has 0 bridgehead atoms. The number of alkyl carbamates (subject to hydrolysis) is 1. The molecule has 0 saturated heterocycles. The summed E-state index contributed by atoms with van der Waals surface area (Å²) in [7, 11) is 3.59. The summed E-state index contributed by atoms with van der Waals surface area (Å²) in [6.45, 7) is 5.25. The Labute approximate surface area is 131 Å². The van der Waals surface area contributed by atoms with Crippen LogP contribution in [0.4, 0.5) is 4.79 Å². The van der Waals surface area contributed by atoms with Gasteiger partial charge < -0.3 is 24.9 Å². The monoisotopic (exact) mass is 308 g/mol. The highest BCUT2D eigenvalue weighted by molar-refractivity contribution is 5.74. The second-order valence-electron chi connectivity index (χ2n) is 6.31. The molecular formula is C16H24N2O4. The van der Waals surface area contributed by atoms with Gasteiger partial charge in [-0.3, -0.25) is 0 Å². The van der Waals surface area contributed by atoms with Gasteiger partial charge in [-0.2, -0.15) is 0 Å². The molecule has 2 N–H and O–H groups in total. The molecule has 1 aromatic carbocycles. The number of hydrogen-bond donors (Lipinski definition) is 2. The molecule has 2 atom stereocenters. The van der Waals surface area contributed by atoms with Gasteiger partial charge in [0, 0.05) is 0 Å². The molecule has 6 heteroatoms. The van der Waals surface area contributed by atoms with Gasteiger partial charge in [-0.15, -0.1) is 0 Å². The van der Waals surface area contributed by atoms with Crippen molar-refractivity contribution in [2.75, 3.05) is 14.1 Å². The van der Waals surface area contributed by atoms with Crippen LogP contribution in [0.1, 0.15) is 32.4 Å². The van der Waals surface area contributed by atoms with Crippen molar-refractivity contribution in [2.45, 2.75) is 38.5 Å². The molecule has 0 aliphatic carbocycles. The summed E-state index contributed by atoms with van der Waals surface area (Å²) in [6.07, 6.45) is 0.00939. The maximum Gasteiger partial charge on any atom is 0.408 e. The van der Waals surface area contributed by atoms with Gasteiger partial charge in [-0.05, 0) is 52.6 Å². The third kappa shape index (κ3) is 5.37. The Morgan fingerprint density at radius 2 is 2.00 bits per heavy atom. The number of aromatic hydroxyl groups is 1. The second kappa shape index (κ2) is 7.26. The Morgan fingerprint density at radius 1 is 1.36 bits per heavy atom. The lowest BCUT2D eigenvalue weighted by atomic mass is 9.99. The van der Waals surface area contributed by atoms with Crippen molar-refractivity contribution in [3.05, 3.63) is 29.8 Å². The minimum absolute atomic E-state index is 0.103. The number of nitrogens with zero attached hydrogens (tertiary/aromatic N) is 1. The van der Waals surface area contributed by atoms with Crippen molar-refractivity contribution in [3.8, 4) is 5.75 Å². The normalized spacial score (nSPS) is 14.3. The van der Waals surface area contributed by atoms with E-state index >= 15 is 0 Å². The number of ether oxygens (including phenoxy) is 1. The number of aldehydes is 1. The van der Waals surface area contributed by atoms with Crippen LogP contribution < -0.4 is 5.32 Å². The van der Waals surface area contributed by atoms with E-state index in [2.05, 4.69) is 5.32 Å². The first kappa shape index (κ1) is 18.0.